The van der Waals surface area contributed by atoms with Gasteiger partial charge in [-0.3, -0.25) is 9.59 Å². The summed E-state index contributed by atoms with van der Waals surface area (Å²) in [4.78, 5) is 34.1. The summed E-state index contributed by atoms with van der Waals surface area (Å²) < 4.78 is 8.89. The monoisotopic (exact) mass is 438 g/mol. The second-order valence-electron chi connectivity index (χ2n) is 7.36. The van der Waals surface area contributed by atoms with Gasteiger partial charge < -0.3 is 13.7 Å². The van der Waals surface area contributed by atoms with Crippen LogP contribution in [-0.4, -0.2) is 24.9 Å². The van der Waals surface area contributed by atoms with Crippen molar-refractivity contribution in [1.29, 1.82) is 0 Å². The first-order valence-electron chi connectivity index (χ1n) is 10.3. The van der Waals surface area contributed by atoms with Gasteiger partial charge >= 0.3 is 5.97 Å². The number of carbonyl (C=O) groups excluding carboxylic acids is 1. The number of aromatic nitrogens is 4. The van der Waals surface area contributed by atoms with E-state index in [9.17, 15) is 9.59 Å². The largest absolute Gasteiger partial charge is 0.459 e. The van der Waals surface area contributed by atoms with Gasteiger partial charge in [-0.25, -0.2) is 9.97 Å². The molecule has 0 saturated heterocycles. The van der Waals surface area contributed by atoms with Crippen molar-refractivity contribution in [2.75, 3.05) is 0 Å². The van der Waals surface area contributed by atoms with Crippen molar-refractivity contribution in [1.82, 2.24) is 18.9 Å². The molecule has 0 N–H and O–H groups in total. The van der Waals surface area contributed by atoms with Crippen LogP contribution in [0, 0.1) is 0 Å². The van der Waals surface area contributed by atoms with Gasteiger partial charge in [0.05, 0.1) is 28.2 Å². The van der Waals surface area contributed by atoms with Gasteiger partial charge in [0.25, 0.3) is 5.56 Å². The number of hydrogen-bond acceptors (Lipinski definition) is 5. The Labute approximate surface area is 184 Å². The first-order valence-corrected chi connectivity index (χ1v) is 10.7. The fourth-order valence-electron chi connectivity index (χ4n) is 3.48. The molecule has 0 bridgehead atoms. The van der Waals surface area contributed by atoms with E-state index >= 15 is 0 Å². The van der Waals surface area contributed by atoms with Crippen molar-refractivity contribution in [2.24, 2.45) is 0 Å². The van der Waals surface area contributed by atoms with Crippen LogP contribution in [-0.2, 0) is 29.1 Å². The molecule has 0 amide bonds. The van der Waals surface area contributed by atoms with Crippen molar-refractivity contribution < 1.29 is 9.53 Å². The maximum absolute atomic E-state index is 12.9. The van der Waals surface area contributed by atoms with Crippen molar-refractivity contribution in [3.8, 4) is 0 Å². The molecule has 7 nitrogen and oxygen atoms in total. The van der Waals surface area contributed by atoms with Crippen molar-refractivity contribution >= 4 is 34.3 Å². The Balaban J connectivity index is 1.43. The first-order chi connectivity index (χ1) is 15.0. The third-order valence-corrected chi connectivity index (χ3v) is 5.29. The standard InChI is InChI=1S/C23H23ClN4O3/c1-2-3-12-28-20-7-5-4-6-18(20)26-19(23(28)30)9-11-22(29)31-15-17-14-27-13-16(24)8-10-21(27)25-17/h4-8,10,13-14H,2-3,9,11-12,15H2,1H3. The van der Waals surface area contributed by atoms with Crippen LogP contribution in [0.4, 0.5) is 0 Å². The molecule has 0 aliphatic heterocycles. The van der Waals surface area contributed by atoms with E-state index in [1.165, 1.54) is 0 Å². The van der Waals surface area contributed by atoms with Gasteiger partial charge in [-0.05, 0) is 30.7 Å². The molecule has 0 saturated carbocycles. The lowest BCUT2D eigenvalue weighted by molar-refractivity contribution is -0.145. The molecule has 0 fully saturated rings. The number of para-hydroxylation sites is 2. The second-order valence-corrected chi connectivity index (χ2v) is 7.80. The lowest BCUT2D eigenvalue weighted by atomic mass is 10.2. The zero-order chi connectivity index (χ0) is 21.8. The van der Waals surface area contributed by atoms with Gasteiger partial charge in [-0.1, -0.05) is 37.1 Å². The molecule has 0 radical (unpaired) electrons. The molecular formula is C23H23ClN4O3. The SMILES string of the molecule is CCCCn1c(=O)c(CCC(=O)OCc2cn3cc(Cl)ccc3n2)nc2ccccc21. The van der Waals surface area contributed by atoms with E-state index in [2.05, 4.69) is 16.9 Å². The lowest BCUT2D eigenvalue weighted by Gasteiger charge is -2.11. The third kappa shape index (κ3) is 4.77. The molecule has 3 aromatic heterocycles. The van der Waals surface area contributed by atoms with E-state index in [1.54, 1.807) is 33.5 Å². The Kier molecular flexibility index (Phi) is 6.32. The minimum absolute atomic E-state index is 0.0595. The molecule has 4 rings (SSSR count). The number of hydrogen-bond donors (Lipinski definition) is 0. The van der Waals surface area contributed by atoms with Gasteiger partial charge in [0.1, 0.15) is 17.9 Å². The lowest BCUT2D eigenvalue weighted by Crippen LogP contribution is -2.26. The van der Waals surface area contributed by atoms with E-state index in [0.717, 1.165) is 29.5 Å². The van der Waals surface area contributed by atoms with Gasteiger partial charge in [-0.15, -0.1) is 0 Å². The minimum atomic E-state index is -0.399. The minimum Gasteiger partial charge on any atom is -0.459 e. The van der Waals surface area contributed by atoms with Crippen molar-refractivity contribution in [3.05, 3.63) is 75.6 Å². The number of fused-ring (bicyclic) bond motifs is 2. The fraction of sp³-hybridized carbons (Fsp3) is 0.304. The predicted octanol–water partition coefficient (Wildman–Crippen LogP) is 4.17. The van der Waals surface area contributed by atoms with E-state index in [1.807, 2.05) is 24.3 Å². The van der Waals surface area contributed by atoms with Crippen LogP contribution in [0.1, 0.15) is 37.6 Å². The Morgan fingerprint density at radius 1 is 1.13 bits per heavy atom. The number of halogens is 1. The predicted molar refractivity (Wildman–Crippen MR) is 119 cm³/mol. The molecule has 0 unspecified atom stereocenters. The molecule has 1 aromatic carbocycles. The Morgan fingerprint density at radius 3 is 2.81 bits per heavy atom. The zero-order valence-corrected chi connectivity index (χ0v) is 18.0. The maximum atomic E-state index is 12.9. The quantitative estimate of drug-likeness (QED) is 0.386. The van der Waals surface area contributed by atoms with Crippen LogP contribution >= 0.6 is 11.6 Å². The normalized spacial score (nSPS) is 11.3. The number of esters is 1. The Hall–Kier alpha value is -3.19. The molecule has 3 heterocycles. The summed E-state index contributed by atoms with van der Waals surface area (Å²) in [5, 5.41) is 0.598. The smallest absolute Gasteiger partial charge is 0.306 e. The van der Waals surface area contributed by atoms with Crippen LogP contribution in [0.25, 0.3) is 16.7 Å². The number of benzene rings is 1. The van der Waals surface area contributed by atoms with Crippen LogP contribution in [0.5, 0.6) is 0 Å². The molecule has 8 heteroatoms. The van der Waals surface area contributed by atoms with E-state index < -0.39 is 5.97 Å². The second kappa shape index (κ2) is 9.31. The third-order valence-electron chi connectivity index (χ3n) is 5.07. The van der Waals surface area contributed by atoms with Crippen molar-refractivity contribution in [3.63, 3.8) is 0 Å². The molecule has 4 aromatic rings. The van der Waals surface area contributed by atoms with Crippen LogP contribution in [0.2, 0.25) is 5.02 Å². The molecule has 0 aliphatic carbocycles. The molecule has 0 atom stereocenters. The highest BCUT2D eigenvalue weighted by atomic mass is 35.5. The number of ether oxygens (including phenoxy) is 1. The zero-order valence-electron chi connectivity index (χ0n) is 17.3. The number of carbonyl (C=O) groups is 1. The van der Waals surface area contributed by atoms with Crippen LogP contribution < -0.4 is 5.56 Å². The highest BCUT2D eigenvalue weighted by Crippen LogP contribution is 2.14. The molecule has 31 heavy (non-hydrogen) atoms. The average Bonchev–Trinajstić information content (AvgIpc) is 3.17. The highest BCUT2D eigenvalue weighted by Gasteiger charge is 2.13. The average molecular weight is 439 g/mol. The van der Waals surface area contributed by atoms with Crippen LogP contribution in [0.3, 0.4) is 0 Å². The summed E-state index contributed by atoms with van der Waals surface area (Å²) in [5.41, 5.74) is 3.17. The molecule has 0 aliphatic rings. The van der Waals surface area contributed by atoms with Gasteiger partial charge in [-0.2, -0.15) is 0 Å². The molecule has 160 valence electrons. The van der Waals surface area contributed by atoms with Crippen molar-refractivity contribution in [2.45, 2.75) is 45.8 Å². The maximum Gasteiger partial charge on any atom is 0.306 e. The summed E-state index contributed by atoms with van der Waals surface area (Å²) in [5.74, 6) is -0.399. The van der Waals surface area contributed by atoms with Gasteiger partial charge in [0.15, 0.2) is 0 Å². The number of nitrogens with zero attached hydrogens (tertiary/aromatic N) is 4. The first kappa shape index (κ1) is 21.1. The van der Waals surface area contributed by atoms with E-state index in [0.29, 0.717) is 23.0 Å². The van der Waals surface area contributed by atoms with E-state index in [-0.39, 0.29) is 25.0 Å². The Bertz CT molecular complexity index is 1300. The number of rotatable bonds is 8. The summed E-state index contributed by atoms with van der Waals surface area (Å²) in [6, 6.07) is 11.1. The molecule has 0 spiro atoms. The number of imidazole rings is 1. The summed E-state index contributed by atoms with van der Waals surface area (Å²) in [6.45, 7) is 2.78. The van der Waals surface area contributed by atoms with Gasteiger partial charge in [0, 0.05) is 25.4 Å². The number of aryl methyl sites for hydroxylation is 2. The Morgan fingerprint density at radius 2 is 1.97 bits per heavy atom. The molecular weight excluding hydrogens is 416 g/mol. The number of pyridine rings is 1. The highest BCUT2D eigenvalue weighted by molar-refractivity contribution is 6.30. The van der Waals surface area contributed by atoms with Crippen LogP contribution in [0.15, 0.2) is 53.6 Å². The topological polar surface area (TPSA) is 78.5 Å². The van der Waals surface area contributed by atoms with Gasteiger partial charge in [0.2, 0.25) is 0 Å². The summed E-state index contributed by atoms with van der Waals surface area (Å²) in [6.07, 6.45) is 5.71. The number of unbranched alkanes of at least 4 members (excludes halogenated alkanes) is 1. The summed E-state index contributed by atoms with van der Waals surface area (Å²) >= 11 is 5.98. The van der Waals surface area contributed by atoms with E-state index in [4.69, 9.17) is 16.3 Å². The fourth-order valence-corrected chi connectivity index (χ4v) is 3.65. The summed E-state index contributed by atoms with van der Waals surface area (Å²) in [7, 11) is 0.